The number of hydrogen-bond acceptors (Lipinski definition) is 3. The Balaban J connectivity index is 2.35. The zero-order valence-corrected chi connectivity index (χ0v) is 12.4. The number of nitrogens with one attached hydrogen (secondary N) is 1. The van der Waals surface area contributed by atoms with E-state index in [-0.39, 0.29) is 18.4 Å². The summed E-state index contributed by atoms with van der Waals surface area (Å²) in [4.78, 5) is 11.9. The summed E-state index contributed by atoms with van der Waals surface area (Å²) in [6.45, 7) is 5.01. The van der Waals surface area contributed by atoms with Gasteiger partial charge in [0.25, 0.3) is 0 Å². The Hall–Kier alpha value is -1.39. The van der Waals surface area contributed by atoms with E-state index in [1.165, 1.54) is 0 Å². The monoisotopic (exact) mass is 278 g/mol. The van der Waals surface area contributed by atoms with Crippen molar-refractivity contribution >= 4 is 5.91 Å². The number of hydrogen-bond donors (Lipinski definition) is 3. The molecular formula is C16H26N2O2. The molecule has 0 radical (unpaired) electrons. The van der Waals surface area contributed by atoms with Crippen LogP contribution in [0, 0.1) is 11.8 Å². The molecule has 0 aliphatic rings. The fraction of sp³-hybridized carbons (Fsp3) is 0.562. The minimum Gasteiger partial charge on any atom is -0.387 e. The van der Waals surface area contributed by atoms with Crippen LogP contribution < -0.4 is 11.1 Å². The lowest BCUT2D eigenvalue weighted by Gasteiger charge is -2.17. The van der Waals surface area contributed by atoms with Crippen LogP contribution in [-0.2, 0) is 4.79 Å². The van der Waals surface area contributed by atoms with Gasteiger partial charge in [0.15, 0.2) is 0 Å². The molecule has 0 aliphatic carbocycles. The van der Waals surface area contributed by atoms with Gasteiger partial charge >= 0.3 is 0 Å². The molecule has 0 aromatic heterocycles. The standard InChI is InChI=1S/C16H26N2O2/c1-12(2)8-13(10-17)9-16(20)18-11-15(19)14-6-4-3-5-7-14/h3-7,12-13,15,19H,8-11,17H2,1-2H3,(H,18,20)/t13-,15?/m0/s1. The number of carbonyl (C=O) groups is 1. The van der Waals surface area contributed by atoms with Crippen molar-refractivity contribution in [3.8, 4) is 0 Å². The molecule has 1 aromatic carbocycles. The number of benzene rings is 1. The van der Waals surface area contributed by atoms with Gasteiger partial charge in [-0.2, -0.15) is 0 Å². The van der Waals surface area contributed by atoms with Crippen molar-refractivity contribution in [3.05, 3.63) is 35.9 Å². The van der Waals surface area contributed by atoms with Gasteiger partial charge in [-0.3, -0.25) is 4.79 Å². The first-order valence-corrected chi connectivity index (χ1v) is 7.22. The van der Waals surface area contributed by atoms with E-state index in [0.717, 1.165) is 12.0 Å². The van der Waals surface area contributed by atoms with Crippen molar-refractivity contribution in [2.75, 3.05) is 13.1 Å². The Morgan fingerprint density at radius 3 is 2.50 bits per heavy atom. The Kier molecular flexibility index (Phi) is 7.26. The molecule has 0 saturated heterocycles. The maximum atomic E-state index is 11.9. The van der Waals surface area contributed by atoms with Gasteiger partial charge in [-0.15, -0.1) is 0 Å². The predicted molar refractivity (Wildman–Crippen MR) is 81.0 cm³/mol. The van der Waals surface area contributed by atoms with Crippen molar-refractivity contribution in [1.82, 2.24) is 5.32 Å². The van der Waals surface area contributed by atoms with Crippen LogP contribution in [0.15, 0.2) is 30.3 Å². The third-order valence-electron chi connectivity index (χ3n) is 3.29. The SMILES string of the molecule is CC(C)C[C@H](CN)CC(=O)NCC(O)c1ccccc1. The summed E-state index contributed by atoms with van der Waals surface area (Å²) >= 11 is 0. The van der Waals surface area contributed by atoms with E-state index >= 15 is 0 Å². The maximum Gasteiger partial charge on any atom is 0.220 e. The largest absolute Gasteiger partial charge is 0.387 e. The molecular weight excluding hydrogens is 252 g/mol. The predicted octanol–water partition coefficient (Wildman–Crippen LogP) is 1.85. The third kappa shape index (κ3) is 6.17. The summed E-state index contributed by atoms with van der Waals surface area (Å²) in [5.74, 6) is 0.700. The number of aliphatic hydroxyl groups is 1. The Morgan fingerprint density at radius 2 is 1.95 bits per heavy atom. The minimum absolute atomic E-state index is 0.0453. The van der Waals surface area contributed by atoms with Crippen LogP contribution in [0.5, 0.6) is 0 Å². The number of aliphatic hydroxyl groups excluding tert-OH is 1. The normalized spacial score (nSPS) is 14.1. The molecule has 1 rings (SSSR count). The Morgan fingerprint density at radius 1 is 1.30 bits per heavy atom. The van der Waals surface area contributed by atoms with Crippen LogP contribution in [0.1, 0.15) is 38.4 Å². The molecule has 0 saturated carbocycles. The fourth-order valence-electron chi connectivity index (χ4n) is 2.27. The van der Waals surface area contributed by atoms with Crippen LogP contribution in [0.25, 0.3) is 0 Å². The molecule has 1 unspecified atom stereocenters. The van der Waals surface area contributed by atoms with Crippen LogP contribution in [0.4, 0.5) is 0 Å². The quantitative estimate of drug-likeness (QED) is 0.679. The summed E-state index contributed by atoms with van der Waals surface area (Å²) in [5, 5.41) is 12.7. The molecule has 20 heavy (non-hydrogen) atoms. The molecule has 4 nitrogen and oxygen atoms in total. The second-order valence-corrected chi connectivity index (χ2v) is 5.67. The molecule has 0 heterocycles. The maximum absolute atomic E-state index is 11.9. The van der Waals surface area contributed by atoms with Crippen molar-refractivity contribution in [2.45, 2.75) is 32.8 Å². The number of nitrogens with two attached hydrogens (primary N) is 1. The lowest BCUT2D eigenvalue weighted by molar-refractivity contribution is -0.122. The Bertz CT molecular complexity index is 393. The zero-order chi connectivity index (χ0) is 15.0. The van der Waals surface area contributed by atoms with Gasteiger partial charge < -0.3 is 16.2 Å². The fourth-order valence-corrected chi connectivity index (χ4v) is 2.27. The highest BCUT2D eigenvalue weighted by atomic mass is 16.3. The van der Waals surface area contributed by atoms with Gasteiger partial charge in [0, 0.05) is 13.0 Å². The van der Waals surface area contributed by atoms with Crippen LogP contribution in [0.2, 0.25) is 0 Å². The first-order chi connectivity index (χ1) is 9.52. The number of carbonyl (C=O) groups excluding carboxylic acids is 1. The van der Waals surface area contributed by atoms with Gasteiger partial charge in [-0.25, -0.2) is 0 Å². The summed E-state index contributed by atoms with van der Waals surface area (Å²) in [5.41, 5.74) is 6.50. The van der Waals surface area contributed by atoms with E-state index in [1.807, 2.05) is 30.3 Å². The molecule has 1 aromatic rings. The second-order valence-electron chi connectivity index (χ2n) is 5.67. The molecule has 0 spiro atoms. The summed E-state index contributed by atoms with van der Waals surface area (Å²) in [6, 6.07) is 9.32. The van der Waals surface area contributed by atoms with Crippen LogP contribution >= 0.6 is 0 Å². The number of rotatable bonds is 8. The average Bonchev–Trinajstić information content (AvgIpc) is 2.44. The van der Waals surface area contributed by atoms with Crippen molar-refractivity contribution in [2.24, 2.45) is 17.6 Å². The first-order valence-electron chi connectivity index (χ1n) is 7.22. The third-order valence-corrected chi connectivity index (χ3v) is 3.29. The zero-order valence-electron chi connectivity index (χ0n) is 12.4. The minimum atomic E-state index is -0.665. The summed E-state index contributed by atoms with van der Waals surface area (Å²) in [6.07, 6.45) is 0.711. The van der Waals surface area contributed by atoms with Gasteiger partial charge in [0.05, 0.1) is 6.10 Å². The molecule has 4 N–H and O–H groups in total. The summed E-state index contributed by atoms with van der Waals surface area (Å²) < 4.78 is 0. The van der Waals surface area contributed by atoms with Gasteiger partial charge in [-0.05, 0) is 30.4 Å². The van der Waals surface area contributed by atoms with E-state index < -0.39 is 6.10 Å². The number of amides is 1. The average molecular weight is 278 g/mol. The molecule has 0 aliphatic heterocycles. The van der Waals surface area contributed by atoms with E-state index in [4.69, 9.17) is 5.73 Å². The van der Waals surface area contributed by atoms with Crippen molar-refractivity contribution in [3.63, 3.8) is 0 Å². The van der Waals surface area contributed by atoms with E-state index in [1.54, 1.807) is 0 Å². The van der Waals surface area contributed by atoms with E-state index in [9.17, 15) is 9.90 Å². The highest BCUT2D eigenvalue weighted by Gasteiger charge is 2.15. The topological polar surface area (TPSA) is 75.4 Å². The van der Waals surface area contributed by atoms with Gasteiger partial charge in [0.1, 0.15) is 0 Å². The van der Waals surface area contributed by atoms with E-state index in [0.29, 0.717) is 18.9 Å². The van der Waals surface area contributed by atoms with Crippen molar-refractivity contribution < 1.29 is 9.90 Å². The van der Waals surface area contributed by atoms with Gasteiger partial charge in [0.2, 0.25) is 5.91 Å². The highest BCUT2D eigenvalue weighted by molar-refractivity contribution is 5.76. The molecule has 112 valence electrons. The Labute approximate surface area is 121 Å². The molecule has 1 amide bonds. The van der Waals surface area contributed by atoms with Crippen LogP contribution in [-0.4, -0.2) is 24.1 Å². The second kappa shape index (κ2) is 8.72. The molecule has 0 fully saturated rings. The highest BCUT2D eigenvalue weighted by Crippen LogP contribution is 2.15. The smallest absolute Gasteiger partial charge is 0.220 e. The van der Waals surface area contributed by atoms with E-state index in [2.05, 4.69) is 19.2 Å². The van der Waals surface area contributed by atoms with Crippen LogP contribution in [0.3, 0.4) is 0 Å². The van der Waals surface area contributed by atoms with Gasteiger partial charge in [-0.1, -0.05) is 44.2 Å². The molecule has 2 atom stereocenters. The molecule has 4 heteroatoms. The first kappa shape index (κ1) is 16.7. The van der Waals surface area contributed by atoms with Crippen molar-refractivity contribution in [1.29, 1.82) is 0 Å². The lowest BCUT2D eigenvalue weighted by atomic mass is 9.94. The summed E-state index contributed by atoms with van der Waals surface area (Å²) in [7, 11) is 0. The molecule has 0 bridgehead atoms. The lowest BCUT2D eigenvalue weighted by Crippen LogP contribution is -2.31.